The van der Waals surface area contributed by atoms with Crippen LogP contribution >= 0.6 is 11.3 Å². The van der Waals surface area contributed by atoms with E-state index in [4.69, 9.17) is 0 Å². The predicted octanol–water partition coefficient (Wildman–Crippen LogP) is 3.86. The fraction of sp³-hybridized carbons (Fsp3) is 0.438. The zero-order chi connectivity index (χ0) is 15.4. The number of amides is 1. The molecule has 0 aromatic carbocycles. The zero-order valence-corrected chi connectivity index (χ0v) is 13.8. The Hall–Kier alpha value is -1.75. The molecule has 2 heterocycles. The molecule has 0 radical (unpaired) electrons. The van der Waals surface area contributed by atoms with Gasteiger partial charge in [0, 0.05) is 16.7 Å². The van der Waals surface area contributed by atoms with Crippen molar-refractivity contribution in [2.75, 3.05) is 5.32 Å². The Kier molecular flexibility index (Phi) is 5.07. The smallest absolute Gasteiger partial charge is 0.256 e. The average Bonchev–Trinajstić information content (AvgIpc) is 2.81. The van der Waals surface area contributed by atoms with Crippen molar-refractivity contribution >= 4 is 22.9 Å². The Morgan fingerprint density at radius 1 is 1.33 bits per heavy atom. The standard InChI is InChI=1S/C16H21N3OS/c1-5-13-11(4)21-9-14(13)16(20)19-12-7-17-15(18-8-12)6-10(2)3/h7-10H,5-6H2,1-4H3,(H,19,20). The largest absolute Gasteiger partial charge is 0.319 e. The molecule has 2 aromatic heterocycles. The van der Waals surface area contributed by atoms with Gasteiger partial charge in [-0.05, 0) is 24.8 Å². The average molecular weight is 303 g/mol. The summed E-state index contributed by atoms with van der Waals surface area (Å²) in [7, 11) is 0. The molecular formula is C16H21N3OS. The lowest BCUT2D eigenvalue weighted by molar-refractivity contribution is 0.102. The fourth-order valence-electron chi connectivity index (χ4n) is 2.20. The van der Waals surface area contributed by atoms with Gasteiger partial charge in [-0.25, -0.2) is 9.97 Å². The molecule has 21 heavy (non-hydrogen) atoms. The van der Waals surface area contributed by atoms with Gasteiger partial charge in [-0.2, -0.15) is 0 Å². The van der Waals surface area contributed by atoms with Crippen molar-refractivity contribution < 1.29 is 4.79 Å². The topological polar surface area (TPSA) is 54.9 Å². The number of aromatic nitrogens is 2. The van der Waals surface area contributed by atoms with Gasteiger partial charge in [-0.1, -0.05) is 20.8 Å². The Balaban J connectivity index is 2.09. The summed E-state index contributed by atoms with van der Waals surface area (Å²) >= 11 is 1.61. The number of hydrogen-bond acceptors (Lipinski definition) is 4. The van der Waals surface area contributed by atoms with Crippen molar-refractivity contribution in [2.45, 2.75) is 40.5 Å². The molecule has 0 aliphatic rings. The number of anilines is 1. The van der Waals surface area contributed by atoms with E-state index in [0.29, 0.717) is 11.6 Å². The molecule has 112 valence electrons. The molecule has 0 fully saturated rings. The maximum atomic E-state index is 12.3. The zero-order valence-electron chi connectivity index (χ0n) is 12.9. The highest BCUT2D eigenvalue weighted by molar-refractivity contribution is 7.10. The molecule has 0 saturated heterocycles. The van der Waals surface area contributed by atoms with Crippen LogP contribution < -0.4 is 5.32 Å². The van der Waals surface area contributed by atoms with E-state index >= 15 is 0 Å². The van der Waals surface area contributed by atoms with Crippen molar-refractivity contribution in [1.29, 1.82) is 0 Å². The van der Waals surface area contributed by atoms with Gasteiger partial charge < -0.3 is 5.32 Å². The van der Waals surface area contributed by atoms with Crippen molar-refractivity contribution in [3.63, 3.8) is 0 Å². The molecule has 0 atom stereocenters. The van der Waals surface area contributed by atoms with E-state index in [1.165, 1.54) is 4.88 Å². The highest BCUT2D eigenvalue weighted by Gasteiger charge is 2.14. The van der Waals surface area contributed by atoms with Crippen LogP contribution in [0.4, 0.5) is 5.69 Å². The first kappa shape index (κ1) is 15.6. The van der Waals surface area contributed by atoms with Crippen LogP contribution in [0.25, 0.3) is 0 Å². The number of nitrogens with zero attached hydrogens (tertiary/aromatic N) is 2. The Bertz CT molecular complexity index is 617. The number of aryl methyl sites for hydroxylation is 1. The molecule has 1 amide bonds. The highest BCUT2D eigenvalue weighted by Crippen LogP contribution is 2.23. The summed E-state index contributed by atoms with van der Waals surface area (Å²) in [5, 5.41) is 4.78. The Morgan fingerprint density at radius 3 is 2.57 bits per heavy atom. The van der Waals surface area contributed by atoms with Crippen LogP contribution in [0.5, 0.6) is 0 Å². The van der Waals surface area contributed by atoms with Crippen LogP contribution in [0, 0.1) is 12.8 Å². The van der Waals surface area contributed by atoms with Crippen LogP contribution in [-0.4, -0.2) is 15.9 Å². The number of carbonyl (C=O) groups excluding carboxylic acids is 1. The van der Waals surface area contributed by atoms with Gasteiger partial charge in [-0.3, -0.25) is 4.79 Å². The molecular weight excluding hydrogens is 282 g/mol. The van der Waals surface area contributed by atoms with E-state index in [1.807, 2.05) is 12.3 Å². The number of thiophene rings is 1. The highest BCUT2D eigenvalue weighted by atomic mass is 32.1. The van der Waals surface area contributed by atoms with E-state index in [2.05, 4.69) is 36.1 Å². The summed E-state index contributed by atoms with van der Waals surface area (Å²) in [5.41, 5.74) is 2.51. The minimum Gasteiger partial charge on any atom is -0.319 e. The molecule has 0 saturated carbocycles. The molecule has 1 N–H and O–H groups in total. The lowest BCUT2D eigenvalue weighted by Gasteiger charge is -2.07. The van der Waals surface area contributed by atoms with Gasteiger partial charge in [-0.15, -0.1) is 11.3 Å². The second kappa shape index (κ2) is 6.80. The minimum atomic E-state index is -0.0867. The van der Waals surface area contributed by atoms with Crippen LogP contribution in [0.3, 0.4) is 0 Å². The molecule has 4 nitrogen and oxygen atoms in total. The van der Waals surface area contributed by atoms with E-state index in [9.17, 15) is 4.79 Å². The first-order valence-corrected chi connectivity index (χ1v) is 8.08. The summed E-state index contributed by atoms with van der Waals surface area (Å²) in [5.74, 6) is 1.24. The van der Waals surface area contributed by atoms with Crippen LogP contribution in [0.2, 0.25) is 0 Å². The third-order valence-electron chi connectivity index (χ3n) is 3.26. The van der Waals surface area contributed by atoms with E-state index in [-0.39, 0.29) is 5.91 Å². The van der Waals surface area contributed by atoms with Crippen molar-refractivity contribution in [3.8, 4) is 0 Å². The first-order valence-electron chi connectivity index (χ1n) is 7.20. The van der Waals surface area contributed by atoms with Crippen molar-refractivity contribution in [3.05, 3.63) is 39.6 Å². The maximum Gasteiger partial charge on any atom is 0.256 e. The van der Waals surface area contributed by atoms with Gasteiger partial charge in [0.1, 0.15) is 5.82 Å². The lowest BCUT2D eigenvalue weighted by Crippen LogP contribution is -2.14. The summed E-state index contributed by atoms with van der Waals surface area (Å²) < 4.78 is 0. The number of nitrogens with one attached hydrogen (secondary N) is 1. The number of rotatable bonds is 5. The maximum absolute atomic E-state index is 12.3. The van der Waals surface area contributed by atoms with Crippen LogP contribution in [-0.2, 0) is 12.8 Å². The SMILES string of the molecule is CCc1c(C(=O)Nc2cnc(CC(C)C)nc2)csc1C. The molecule has 5 heteroatoms. The van der Waals surface area contributed by atoms with Gasteiger partial charge in [0.15, 0.2) is 0 Å². The molecule has 0 spiro atoms. The van der Waals surface area contributed by atoms with E-state index in [1.54, 1.807) is 23.7 Å². The third kappa shape index (κ3) is 3.88. The van der Waals surface area contributed by atoms with Crippen molar-refractivity contribution in [2.24, 2.45) is 5.92 Å². The van der Waals surface area contributed by atoms with Gasteiger partial charge in [0.25, 0.3) is 5.91 Å². The molecule has 0 bridgehead atoms. The van der Waals surface area contributed by atoms with Crippen molar-refractivity contribution in [1.82, 2.24) is 9.97 Å². The summed E-state index contributed by atoms with van der Waals surface area (Å²) in [6.45, 7) is 8.37. The summed E-state index contributed by atoms with van der Waals surface area (Å²) in [6, 6.07) is 0. The number of carbonyl (C=O) groups is 1. The molecule has 0 aliphatic heterocycles. The van der Waals surface area contributed by atoms with Gasteiger partial charge >= 0.3 is 0 Å². The molecule has 0 aliphatic carbocycles. The fourth-order valence-corrected chi connectivity index (χ4v) is 3.14. The molecule has 0 unspecified atom stereocenters. The summed E-state index contributed by atoms with van der Waals surface area (Å²) in [4.78, 5) is 22.1. The monoisotopic (exact) mass is 303 g/mol. The lowest BCUT2D eigenvalue weighted by atomic mass is 10.1. The van der Waals surface area contributed by atoms with Gasteiger partial charge in [0.2, 0.25) is 0 Å². The van der Waals surface area contributed by atoms with E-state index in [0.717, 1.165) is 29.8 Å². The van der Waals surface area contributed by atoms with Crippen LogP contribution in [0.15, 0.2) is 17.8 Å². The van der Waals surface area contributed by atoms with Crippen LogP contribution in [0.1, 0.15) is 47.4 Å². The van der Waals surface area contributed by atoms with E-state index < -0.39 is 0 Å². The predicted molar refractivity (Wildman–Crippen MR) is 87.0 cm³/mol. The Morgan fingerprint density at radius 2 is 2.00 bits per heavy atom. The first-order chi connectivity index (χ1) is 10.0. The second-order valence-electron chi connectivity index (χ2n) is 5.48. The van der Waals surface area contributed by atoms with Gasteiger partial charge in [0.05, 0.1) is 23.6 Å². The summed E-state index contributed by atoms with van der Waals surface area (Å²) in [6.07, 6.45) is 5.06. The molecule has 2 rings (SSSR count). The normalized spacial score (nSPS) is 10.9. The second-order valence-corrected chi connectivity index (χ2v) is 6.56. The minimum absolute atomic E-state index is 0.0867. The third-order valence-corrected chi connectivity index (χ3v) is 4.21. The molecule has 2 aromatic rings. The Labute approximate surface area is 129 Å². The number of hydrogen-bond donors (Lipinski definition) is 1. The quantitative estimate of drug-likeness (QED) is 0.912.